The number of nitrogens with zero attached hydrogens (tertiary/aromatic N) is 2. The number of hydrogen-bond acceptors (Lipinski definition) is 2. The molecule has 1 aliphatic rings. The summed E-state index contributed by atoms with van der Waals surface area (Å²) in [5.74, 6) is -0.968. The summed E-state index contributed by atoms with van der Waals surface area (Å²) in [6, 6.07) is 0. The largest absolute Gasteiger partial charge is 0.427 e. The maximum Gasteiger partial charge on any atom is 0.317 e. The first-order chi connectivity index (χ1) is 6.68. The molecule has 0 bridgehead atoms. The van der Waals surface area contributed by atoms with Crippen molar-refractivity contribution in [3.8, 4) is 5.88 Å². The number of fused-ring (bicyclic) bond motifs is 1. The maximum absolute atomic E-state index is 12.4. The molecule has 1 aromatic heterocycles. The van der Waals surface area contributed by atoms with Crippen LogP contribution in [0.5, 0.6) is 5.88 Å². The van der Waals surface area contributed by atoms with Crippen molar-refractivity contribution in [3.05, 3.63) is 11.0 Å². The summed E-state index contributed by atoms with van der Waals surface area (Å²) in [6.07, 6.45) is 2.98. The lowest BCUT2D eigenvalue weighted by Gasteiger charge is -2.13. The first-order valence-electron chi connectivity index (χ1n) is 4.38. The molecular formula is C8H9Cl2FN2O. The second-order valence-electron chi connectivity index (χ2n) is 3.11. The highest BCUT2D eigenvalue weighted by Crippen LogP contribution is 2.30. The van der Waals surface area contributed by atoms with Crippen LogP contribution in [0.4, 0.5) is 4.39 Å². The van der Waals surface area contributed by atoms with Gasteiger partial charge in [0.25, 0.3) is 5.88 Å². The maximum atomic E-state index is 12.4. The second-order valence-corrected chi connectivity index (χ2v) is 3.81. The predicted molar refractivity (Wildman–Crippen MR) is 51.6 cm³/mol. The highest BCUT2D eigenvalue weighted by molar-refractivity contribution is 6.31. The SMILES string of the molecule is FC(Cl)Oc1nc2n(c1Cl)CCCC2. The summed E-state index contributed by atoms with van der Waals surface area (Å²) in [4.78, 5) is 4.07. The van der Waals surface area contributed by atoms with Crippen LogP contribution < -0.4 is 4.74 Å². The molecule has 0 radical (unpaired) electrons. The van der Waals surface area contributed by atoms with Gasteiger partial charge < -0.3 is 9.30 Å². The van der Waals surface area contributed by atoms with Crippen molar-refractivity contribution in [3.63, 3.8) is 0 Å². The lowest BCUT2D eigenvalue weighted by atomic mass is 10.2. The van der Waals surface area contributed by atoms with Gasteiger partial charge in [0.2, 0.25) is 0 Å². The average Bonchev–Trinajstić information content (AvgIpc) is 2.44. The lowest BCUT2D eigenvalue weighted by Crippen LogP contribution is -2.10. The summed E-state index contributed by atoms with van der Waals surface area (Å²) in [5, 5.41) is 0.336. The van der Waals surface area contributed by atoms with Gasteiger partial charge >= 0.3 is 5.82 Å². The molecule has 1 atom stereocenters. The first kappa shape index (κ1) is 10.1. The highest BCUT2D eigenvalue weighted by atomic mass is 35.5. The summed E-state index contributed by atoms with van der Waals surface area (Å²) < 4.78 is 18.8. The van der Waals surface area contributed by atoms with E-state index in [2.05, 4.69) is 9.72 Å². The van der Waals surface area contributed by atoms with E-state index in [0.717, 1.165) is 31.6 Å². The fraction of sp³-hybridized carbons (Fsp3) is 0.625. The van der Waals surface area contributed by atoms with E-state index in [1.54, 1.807) is 0 Å². The minimum atomic E-state index is -1.90. The minimum absolute atomic E-state index is 0.0890. The zero-order valence-electron chi connectivity index (χ0n) is 7.34. The third kappa shape index (κ3) is 1.81. The summed E-state index contributed by atoms with van der Waals surface area (Å²) >= 11 is 11.0. The first-order valence-corrected chi connectivity index (χ1v) is 5.19. The Morgan fingerprint density at radius 3 is 2.93 bits per heavy atom. The molecule has 78 valence electrons. The molecule has 0 fully saturated rings. The van der Waals surface area contributed by atoms with Crippen LogP contribution in [0.1, 0.15) is 18.7 Å². The van der Waals surface area contributed by atoms with Crippen molar-refractivity contribution in [1.82, 2.24) is 9.55 Å². The van der Waals surface area contributed by atoms with Crippen LogP contribution in [0.2, 0.25) is 5.15 Å². The Morgan fingerprint density at radius 2 is 2.29 bits per heavy atom. The van der Waals surface area contributed by atoms with E-state index in [4.69, 9.17) is 23.2 Å². The average molecular weight is 239 g/mol. The van der Waals surface area contributed by atoms with E-state index < -0.39 is 5.82 Å². The molecule has 2 heterocycles. The number of imidazole rings is 1. The number of rotatable bonds is 2. The van der Waals surface area contributed by atoms with Gasteiger partial charge in [-0.15, -0.1) is 0 Å². The van der Waals surface area contributed by atoms with Crippen molar-refractivity contribution < 1.29 is 9.13 Å². The molecular weight excluding hydrogens is 230 g/mol. The summed E-state index contributed by atoms with van der Waals surface area (Å²) in [6.45, 7) is 0.809. The van der Waals surface area contributed by atoms with E-state index >= 15 is 0 Å². The molecule has 2 rings (SSSR count). The minimum Gasteiger partial charge on any atom is -0.427 e. The zero-order valence-corrected chi connectivity index (χ0v) is 8.85. The van der Waals surface area contributed by atoms with E-state index in [0.29, 0.717) is 5.15 Å². The Balaban J connectivity index is 2.29. The van der Waals surface area contributed by atoms with Gasteiger partial charge in [0.05, 0.1) is 0 Å². The lowest BCUT2D eigenvalue weighted by molar-refractivity contribution is 0.141. The van der Waals surface area contributed by atoms with Crippen molar-refractivity contribution in [2.75, 3.05) is 0 Å². The van der Waals surface area contributed by atoms with Crippen LogP contribution in [0.25, 0.3) is 0 Å². The smallest absolute Gasteiger partial charge is 0.317 e. The number of hydrogen-bond donors (Lipinski definition) is 0. The molecule has 1 unspecified atom stereocenters. The monoisotopic (exact) mass is 238 g/mol. The van der Waals surface area contributed by atoms with E-state index in [9.17, 15) is 4.39 Å². The Kier molecular flexibility index (Phi) is 2.83. The molecule has 0 aromatic carbocycles. The molecule has 0 spiro atoms. The summed E-state index contributed by atoms with van der Waals surface area (Å²) in [5.41, 5.74) is 0. The highest BCUT2D eigenvalue weighted by Gasteiger charge is 2.20. The van der Waals surface area contributed by atoms with Crippen molar-refractivity contribution in [2.24, 2.45) is 0 Å². The molecule has 0 saturated heterocycles. The van der Waals surface area contributed by atoms with Crippen LogP contribution in [-0.2, 0) is 13.0 Å². The molecule has 0 amide bonds. The van der Waals surface area contributed by atoms with Gasteiger partial charge in [-0.3, -0.25) is 0 Å². The van der Waals surface area contributed by atoms with Gasteiger partial charge in [0.15, 0.2) is 5.15 Å². The van der Waals surface area contributed by atoms with Gasteiger partial charge in [0, 0.05) is 13.0 Å². The third-order valence-corrected chi connectivity index (χ3v) is 2.64. The van der Waals surface area contributed by atoms with Crippen molar-refractivity contribution in [2.45, 2.75) is 31.6 Å². The molecule has 0 saturated carbocycles. The Labute approximate surface area is 90.8 Å². The van der Waals surface area contributed by atoms with Crippen molar-refractivity contribution >= 4 is 23.2 Å². The fourth-order valence-corrected chi connectivity index (χ4v) is 1.94. The molecule has 1 aromatic rings. The normalized spacial score (nSPS) is 17.6. The zero-order chi connectivity index (χ0) is 10.1. The predicted octanol–water partition coefficient (Wildman–Crippen LogP) is 2.74. The van der Waals surface area contributed by atoms with Crippen LogP contribution in [0.15, 0.2) is 0 Å². The number of alkyl halides is 2. The van der Waals surface area contributed by atoms with Gasteiger partial charge in [-0.1, -0.05) is 11.6 Å². The summed E-state index contributed by atoms with van der Waals surface area (Å²) in [7, 11) is 0. The Morgan fingerprint density at radius 1 is 1.50 bits per heavy atom. The second kappa shape index (κ2) is 3.95. The quantitative estimate of drug-likeness (QED) is 0.742. The molecule has 14 heavy (non-hydrogen) atoms. The van der Waals surface area contributed by atoms with Gasteiger partial charge in [-0.05, 0) is 24.4 Å². The van der Waals surface area contributed by atoms with Gasteiger partial charge in [-0.25, -0.2) is 0 Å². The molecule has 6 heteroatoms. The number of ether oxygens (including phenoxy) is 1. The molecule has 0 N–H and O–H groups in total. The van der Waals surface area contributed by atoms with E-state index in [1.807, 2.05) is 4.57 Å². The fourth-order valence-electron chi connectivity index (χ4n) is 1.58. The molecule has 3 nitrogen and oxygen atoms in total. The third-order valence-electron chi connectivity index (χ3n) is 2.19. The van der Waals surface area contributed by atoms with Gasteiger partial charge in [-0.2, -0.15) is 9.37 Å². The standard InChI is InChI=1S/C8H9Cl2FN2O/c9-6-7(14-8(10)11)12-5-3-1-2-4-13(5)6/h8H,1-4H2. The number of halogens is 3. The topological polar surface area (TPSA) is 27.1 Å². The van der Waals surface area contributed by atoms with Crippen LogP contribution in [-0.4, -0.2) is 15.4 Å². The van der Waals surface area contributed by atoms with E-state index in [1.165, 1.54) is 0 Å². The van der Waals surface area contributed by atoms with Crippen LogP contribution in [0, 0.1) is 0 Å². The number of aromatic nitrogens is 2. The van der Waals surface area contributed by atoms with Crippen LogP contribution in [0.3, 0.4) is 0 Å². The molecule has 0 aliphatic carbocycles. The molecule has 1 aliphatic heterocycles. The van der Waals surface area contributed by atoms with E-state index in [-0.39, 0.29) is 5.88 Å². The van der Waals surface area contributed by atoms with Gasteiger partial charge in [0.1, 0.15) is 5.82 Å². The van der Waals surface area contributed by atoms with Crippen molar-refractivity contribution in [1.29, 1.82) is 0 Å². The Bertz CT molecular complexity index is 340. The van der Waals surface area contributed by atoms with Crippen LogP contribution >= 0.6 is 23.2 Å². The Hall–Kier alpha value is -0.480. The number of aryl methyl sites for hydroxylation is 1.